The van der Waals surface area contributed by atoms with Gasteiger partial charge in [0.15, 0.2) is 11.6 Å². The number of fused-ring (bicyclic) bond motifs is 2. The van der Waals surface area contributed by atoms with E-state index in [1.54, 1.807) is 12.1 Å². The van der Waals surface area contributed by atoms with Crippen LogP contribution in [0.4, 0.5) is 0 Å². The number of carbonyl (C=O) groups excluding carboxylic acids is 2. The van der Waals surface area contributed by atoms with Crippen molar-refractivity contribution in [1.29, 1.82) is 0 Å². The predicted octanol–water partition coefficient (Wildman–Crippen LogP) is 5.29. The number of rotatable bonds is 0. The molecule has 0 saturated carbocycles. The lowest BCUT2D eigenvalue weighted by Crippen LogP contribution is -2.23. The molecule has 1 aliphatic rings. The minimum absolute atomic E-state index is 0.162. The maximum Gasteiger partial charge on any atom is 0.197 e. The minimum atomic E-state index is -0.310. The van der Waals surface area contributed by atoms with Gasteiger partial charge < -0.3 is 0 Å². The van der Waals surface area contributed by atoms with E-state index < -0.39 is 0 Å². The average molecular weight is 435 g/mol. The van der Waals surface area contributed by atoms with E-state index in [-0.39, 0.29) is 32.7 Å². The van der Waals surface area contributed by atoms with Crippen molar-refractivity contribution < 1.29 is 9.59 Å². The highest BCUT2D eigenvalue weighted by Gasteiger charge is 2.36. The van der Waals surface area contributed by atoms with E-state index in [1.807, 2.05) is 0 Å². The number of hydrogen-bond donors (Lipinski definition) is 0. The Morgan fingerprint density at radius 1 is 0.650 bits per heavy atom. The summed E-state index contributed by atoms with van der Waals surface area (Å²) < 4.78 is 1.10. The van der Waals surface area contributed by atoms with Crippen molar-refractivity contribution in [3.63, 3.8) is 0 Å². The molecule has 100 valence electrons. The zero-order valence-electron chi connectivity index (χ0n) is 9.64. The number of benzene rings is 2. The van der Waals surface area contributed by atoms with Crippen LogP contribution in [0, 0.1) is 0 Å². The van der Waals surface area contributed by atoms with E-state index in [0.29, 0.717) is 20.1 Å². The Balaban J connectivity index is 2.46. The number of ketones is 2. The zero-order chi connectivity index (χ0) is 14.6. The maximum atomic E-state index is 12.7. The summed E-state index contributed by atoms with van der Waals surface area (Å²) in [6, 6.07) is 6.45. The van der Waals surface area contributed by atoms with Crippen LogP contribution < -0.4 is 0 Å². The normalized spacial score (nSPS) is 13.2. The summed E-state index contributed by atoms with van der Waals surface area (Å²) in [7, 11) is 0. The van der Waals surface area contributed by atoms with Crippen LogP contribution in [-0.2, 0) is 0 Å². The summed E-state index contributed by atoms with van der Waals surface area (Å²) in [6.07, 6.45) is 0. The molecule has 0 saturated heterocycles. The molecule has 0 atom stereocenters. The van der Waals surface area contributed by atoms with Gasteiger partial charge in [-0.3, -0.25) is 9.59 Å². The molecule has 1 aliphatic carbocycles. The van der Waals surface area contributed by atoms with E-state index in [9.17, 15) is 9.59 Å². The second-order valence-corrected chi connectivity index (χ2v) is 6.74. The maximum absolute atomic E-state index is 12.7. The number of hydrogen-bond acceptors (Lipinski definition) is 2. The molecule has 6 heteroatoms. The van der Waals surface area contributed by atoms with Gasteiger partial charge in [-0.05, 0) is 24.3 Å². The first-order chi connectivity index (χ1) is 9.43. The van der Waals surface area contributed by atoms with Crippen LogP contribution in [0.3, 0.4) is 0 Å². The first-order valence-corrected chi connectivity index (χ1v) is 7.83. The van der Waals surface area contributed by atoms with Gasteiger partial charge in [0.25, 0.3) is 0 Å². The molecular formula is C14H4Br2Cl2O2. The fourth-order valence-corrected chi connectivity index (χ4v) is 3.75. The molecule has 0 aliphatic heterocycles. The Hall–Kier alpha value is -0.680. The van der Waals surface area contributed by atoms with Gasteiger partial charge in [-0.15, -0.1) is 0 Å². The second-order valence-electron chi connectivity index (χ2n) is 4.22. The average Bonchev–Trinajstić information content (AvgIpc) is 2.41. The van der Waals surface area contributed by atoms with Crippen LogP contribution >= 0.6 is 55.1 Å². The molecule has 20 heavy (non-hydrogen) atoms. The molecule has 0 heterocycles. The zero-order valence-corrected chi connectivity index (χ0v) is 14.3. The van der Waals surface area contributed by atoms with E-state index in [0.717, 1.165) is 0 Å². The molecule has 0 radical (unpaired) electrons. The molecule has 0 unspecified atom stereocenters. The molecule has 0 amide bonds. The first kappa shape index (κ1) is 14.3. The summed E-state index contributed by atoms with van der Waals surface area (Å²) >= 11 is 18.8. The van der Waals surface area contributed by atoms with Crippen molar-refractivity contribution in [3.05, 3.63) is 65.5 Å². The van der Waals surface area contributed by atoms with E-state index in [2.05, 4.69) is 31.9 Å². The summed E-state index contributed by atoms with van der Waals surface area (Å²) in [4.78, 5) is 25.3. The smallest absolute Gasteiger partial charge is 0.197 e. The molecule has 0 N–H and O–H groups in total. The molecule has 0 bridgehead atoms. The van der Waals surface area contributed by atoms with Gasteiger partial charge in [-0.25, -0.2) is 0 Å². The monoisotopic (exact) mass is 432 g/mol. The Kier molecular flexibility index (Phi) is 3.53. The van der Waals surface area contributed by atoms with Gasteiger partial charge in [-0.1, -0.05) is 55.1 Å². The SMILES string of the molecule is O=C1c2c(Cl)ccc(Cl)c2C(=O)c2c(Br)ccc(Br)c21. The van der Waals surface area contributed by atoms with Crippen molar-refractivity contribution in [2.75, 3.05) is 0 Å². The molecular weight excluding hydrogens is 431 g/mol. The minimum Gasteiger partial charge on any atom is -0.288 e. The molecule has 3 rings (SSSR count). The van der Waals surface area contributed by atoms with Crippen LogP contribution in [0.1, 0.15) is 31.8 Å². The molecule has 2 aromatic rings. The molecule has 2 aromatic carbocycles. The summed E-state index contributed by atoms with van der Waals surface area (Å²) in [6.45, 7) is 0. The fourth-order valence-electron chi connectivity index (χ4n) is 2.24. The first-order valence-electron chi connectivity index (χ1n) is 5.49. The standard InChI is InChI=1S/C14H4Br2Cl2O2/c15-5-1-2-6(16)10-9(5)13(19)11-7(17)3-4-8(18)12(11)14(10)20/h1-4H. The van der Waals surface area contributed by atoms with E-state index in [1.165, 1.54) is 12.1 Å². The van der Waals surface area contributed by atoms with E-state index in [4.69, 9.17) is 23.2 Å². The highest BCUT2D eigenvalue weighted by atomic mass is 79.9. The van der Waals surface area contributed by atoms with Crippen LogP contribution in [0.5, 0.6) is 0 Å². The van der Waals surface area contributed by atoms with Crippen LogP contribution in [0.2, 0.25) is 10.0 Å². The lowest BCUT2D eigenvalue weighted by Gasteiger charge is -2.21. The molecule has 0 fully saturated rings. The molecule has 0 aromatic heterocycles. The van der Waals surface area contributed by atoms with Gasteiger partial charge in [0, 0.05) is 20.1 Å². The van der Waals surface area contributed by atoms with Crippen molar-refractivity contribution in [2.24, 2.45) is 0 Å². The topological polar surface area (TPSA) is 34.1 Å². The third kappa shape index (κ3) is 1.90. The molecule has 2 nitrogen and oxygen atoms in total. The van der Waals surface area contributed by atoms with Crippen molar-refractivity contribution >= 4 is 66.6 Å². The van der Waals surface area contributed by atoms with Gasteiger partial charge in [0.05, 0.1) is 21.2 Å². The van der Waals surface area contributed by atoms with Gasteiger partial charge in [0.2, 0.25) is 0 Å². The van der Waals surface area contributed by atoms with Crippen molar-refractivity contribution in [3.8, 4) is 0 Å². The third-order valence-electron chi connectivity index (χ3n) is 3.12. The van der Waals surface area contributed by atoms with Crippen molar-refractivity contribution in [2.45, 2.75) is 0 Å². The Morgan fingerprint density at radius 3 is 1.35 bits per heavy atom. The highest BCUT2D eigenvalue weighted by molar-refractivity contribution is 9.11. The Morgan fingerprint density at radius 2 is 1.00 bits per heavy atom. The van der Waals surface area contributed by atoms with Crippen LogP contribution in [-0.4, -0.2) is 11.6 Å². The Bertz CT molecular complexity index is 671. The lowest BCUT2D eigenvalue weighted by atomic mass is 9.84. The van der Waals surface area contributed by atoms with Gasteiger partial charge >= 0.3 is 0 Å². The van der Waals surface area contributed by atoms with Crippen LogP contribution in [0.15, 0.2) is 33.2 Å². The fraction of sp³-hybridized carbons (Fsp3) is 0. The highest BCUT2D eigenvalue weighted by Crippen LogP contribution is 2.40. The Labute approximate surface area is 141 Å². The lowest BCUT2D eigenvalue weighted by molar-refractivity contribution is 0.0978. The van der Waals surface area contributed by atoms with Gasteiger partial charge in [0.1, 0.15) is 0 Å². The van der Waals surface area contributed by atoms with E-state index >= 15 is 0 Å². The summed E-state index contributed by atoms with van der Waals surface area (Å²) in [5, 5.41) is 0.445. The third-order valence-corrected chi connectivity index (χ3v) is 5.07. The summed E-state index contributed by atoms with van der Waals surface area (Å²) in [5.74, 6) is -0.620. The number of halogens is 4. The predicted molar refractivity (Wildman–Crippen MR) is 85.2 cm³/mol. The molecule has 0 spiro atoms. The summed E-state index contributed by atoms with van der Waals surface area (Å²) in [5.41, 5.74) is 0.938. The van der Waals surface area contributed by atoms with Gasteiger partial charge in [-0.2, -0.15) is 0 Å². The number of carbonyl (C=O) groups is 2. The van der Waals surface area contributed by atoms with Crippen LogP contribution in [0.25, 0.3) is 0 Å². The quantitative estimate of drug-likeness (QED) is 0.481. The van der Waals surface area contributed by atoms with Crippen molar-refractivity contribution in [1.82, 2.24) is 0 Å². The largest absolute Gasteiger partial charge is 0.288 e. The second kappa shape index (κ2) is 4.95.